The molecule has 114 valence electrons. The van der Waals surface area contributed by atoms with Crippen molar-refractivity contribution >= 4 is 28.0 Å². The molecule has 0 aliphatic carbocycles. The van der Waals surface area contributed by atoms with Gasteiger partial charge < -0.3 is 15.7 Å². The van der Waals surface area contributed by atoms with Crippen molar-refractivity contribution < 1.29 is 9.90 Å². The molecule has 0 radical (unpaired) electrons. The average molecular weight is 361 g/mol. The maximum Gasteiger partial charge on any atom is 0.318 e. The third kappa shape index (κ3) is 5.26. The van der Waals surface area contributed by atoms with Crippen LogP contribution < -0.4 is 10.6 Å². The van der Waals surface area contributed by atoms with Gasteiger partial charge in [-0.25, -0.2) is 4.79 Å². The predicted octanol–water partition coefficient (Wildman–Crippen LogP) is 3.67. The Bertz CT molecular complexity index is 654. The van der Waals surface area contributed by atoms with E-state index in [1.807, 2.05) is 42.5 Å². The van der Waals surface area contributed by atoms with E-state index in [1.165, 1.54) is 0 Å². The second-order valence-electron chi connectivity index (χ2n) is 4.67. The lowest BCUT2D eigenvalue weighted by molar-refractivity contribution is 0.244. The van der Waals surface area contributed by atoms with Crippen LogP contribution in [-0.2, 0) is 6.42 Å². The number of nitrogens with one attached hydrogen (secondary N) is 2. The normalized spacial score (nSPS) is 10.6. The van der Waals surface area contributed by atoms with Gasteiger partial charge in [-0.15, -0.1) is 0 Å². The maximum atomic E-state index is 11.6. The van der Waals surface area contributed by atoms with E-state index in [2.05, 4.69) is 26.6 Å². The number of phenolic OH excluding ortho intramolecular Hbond substituents is 1. The molecule has 0 bridgehead atoms. The first-order valence-electron chi connectivity index (χ1n) is 6.88. The Morgan fingerprint density at radius 2 is 1.86 bits per heavy atom. The monoisotopic (exact) mass is 360 g/mol. The summed E-state index contributed by atoms with van der Waals surface area (Å²) in [6, 6.07) is 14.5. The average Bonchev–Trinajstić information content (AvgIpc) is 2.51. The minimum atomic E-state index is -0.248. The zero-order valence-corrected chi connectivity index (χ0v) is 13.5. The fourth-order valence-electron chi connectivity index (χ4n) is 1.85. The maximum absolute atomic E-state index is 11.6. The van der Waals surface area contributed by atoms with Gasteiger partial charge in [-0.2, -0.15) is 0 Å². The van der Waals surface area contributed by atoms with Gasteiger partial charge >= 0.3 is 6.03 Å². The first-order chi connectivity index (χ1) is 10.6. The Hall–Kier alpha value is -2.27. The van der Waals surface area contributed by atoms with Crippen molar-refractivity contribution in [2.24, 2.45) is 0 Å². The van der Waals surface area contributed by atoms with Crippen LogP contribution in [0.15, 0.2) is 59.2 Å². The summed E-state index contributed by atoms with van der Waals surface area (Å²) in [5, 5.41) is 14.6. The molecule has 0 aliphatic rings. The van der Waals surface area contributed by atoms with Crippen molar-refractivity contribution in [1.29, 1.82) is 0 Å². The molecule has 0 atom stereocenters. The van der Waals surface area contributed by atoms with E-state index in [1.54, 1.807) is 18.3 Å². The van der Waals surface area contributed by atoms with Gasteiger partial charge in [-0.1, -0.05) is 46.3 Å². The van der Waals surface area contributed by atoms with Crippen molar-refractivity contribution in [3.05, 3.63) is 70.3 Å². The number of carbonyl (C=O) groups is 1. The Morgan fingerprint density at radius 1 is 1.14 bits per heavy atom. The molecular weight excluding hydrogens is 344 g/mol. The number of benzene rings is 2. The lowest BCUT2D eigenvalue weighted by Crippen LogP contribution is -2.33. The largest absolute Gasteiger partial charge is 0.508 e. The lowest BCUT2D eigenvalue weighted by atomic mass is 10.1. The van der Waals surface area contributed by atoms with Crippen molar-refractivity contribution in [2.75, 3.05) is 6.54 Å². The molecule has 0 unspecified atom stereocenters. The van der Waals surface area contributed by atoms with Crippen LogP contribution in [0, 0.1) is 0 Å². The fraction of sp³-hybridized carbons (Fsp3) is 0.118. The molecule has 0 spiro atoms. The van der Waals surface area contributed by atoms with E-state index in [4.69, 9.17) is 0 Å². The third-order valence-corrected chi connectivity index (χ3v) is 3.74. The highest BCUT2D eigenvalue weighted by Gasteiger charge is 1.98. The van der Waals surface area contributed by atoms with Gasteiger partial charge in [0, 0.05) is 17.2 Å². The third-order valence-electron chi connectivity index (χ3n) is 3.02. The summed E-state index contributed by atoms with van der Waals surface area (Å²) in [5.41, 5.74) is 2.05. The van der Waals surface area contributed by atoms with Crippen LogP contribution in [0.3, 0.4) is 0 Å². The summed E-state index contributed by atoms with van der Waals surface area (Å²) in [6.45, 7) is 0.527. The Balaban J connectivity index is 1.72. The van der Waals surface area contributed by atoms with E-state index in [9.17, 15) is 9.90 Å². The summed E-state index contributed by atoms with van der Waals surface area (Å²) < 4.78 is 0.973. The molecule has 2 aromatic carbocycles. The molecule has 0 saturated carbocycles. The van der Waals surface area contributed by atoms with Crippen LogP contribution in [0.4, 0.5) is 4.79 Å². The number of halogens is 1. The van der Waals surface area contributed by atoms with Crippen LogP contribution in [0.2, 0.25) is 0 Å². The highest BCUT2D eigenvalue weighted by Crippen LogP contribution is 2.16. The minimum absolute atomic E-state index is 0.242. The van der Waals surface area contributed by atoms with Crippen LogP contribution in [0.25, 0.3) is 6.08 Å². The molecule has 0 aromatic heterocycles. The number of hydrogen-bond donors (Lipinski definition) is 3. The first-order valence-corrected chi connectivity index (χ1v) is 7.68. The van der Waals surface area contributed by atoms with Crippen molar-refractivity contribution in [2.45, 2.75) is 6.42 Å². The molecule has 3 N–H and O–H groups in total. The number of rotatable bonds is 5. The highest BCUT2D eigenvalue weighted by molar-refractivity contribution is 9.10. The molecular formula is C17H17BrN2O2. The number of amides is 2. The number of phenols is 1. The topological polar surface area (TPSA) is 61.4 Å². The van der Waals surface area contributed by atoms with E-state index in [0.29, 0.717) is 13.0 Å². The van der Waals surface area contributed by atoms with Gasteiger partial charge in [0.15, 0.2) is 0 Å². The van der Waals surface area contributed by atoms with Gasteiger partial charge in [-0.3, -0.25) is 0 Å². The minimum Gasteiger partial charge on any atom is -0.508 e. The van der Waals surface area contributed by atoms with Gasteiger partial charge in [0.2, 0.25) is 0 Å². The number of urea groups is 1. The Kier molecular flexibility index (Phi) is 6.03. The molecule has 2 rings (SSSR count). The summed E-state index contributed by atoms with van der Waals surface area (Å²) >= 11 is 3.44. The van der Waals surface area contributed by atoms with E-state index < -0.39 is 0 Å². The SMILES string of the molecule is O=C(N/C=C/c1ccccc1Br)NCCc1ccc(O)cc1. The highest BCUT2D eigenvalue weighted by atomic mass is 79.9. The second kappa shape index (κ2) is 8.24. The quantitative estimate of drug-likeness (QED) is 0.761. The van der Waals surface area contributed by atoms with Gasteiger partial charge in [0.1, 0.15) is 5.75 Å². The van der Waals surface area contributed by atoms with Crippen LogP contribution in [0.1, 0.15) is 11.1 Å². The molecule has 2 amide bonds. The van der Waals surface area contributed by atoms with E-state index >= 15 is 0 Å². The standard InChI is InChI=1S/C17H17BrN2O2/c18-16-4-2-1-3-14(16)10-12-20-17(22)19-11-9-13-5-7-15(21)8-6-13/h1-8,10,12,21H,9,11H2,(H2,19,20,22)/b12-10+. The van der Waals surface area contributed by atoms with E-state index in [-0.39, 0.29) is 11.8 Å². The summed E-state index contributed by atoms with van der Waals surface area (Å²) in [6.07, 6.45) is 4.14. The summed E-state index contributed by atoms with van der Waals surface area (Å²) in [4.78, 5) is 11.6. The van der Waals surface area contributed by atoms with Crippen molar-refractivity contribution in [1.82, 2.24) is 10.6 Å². The molecule has 0 aliphatic heterocycles. The molecule has 2 aromatic rings. The lowest BCUT2D eigenvalue weighted by Gasteiger charge is -2.05. The molecule has 22 heavy (non-hydrogen) atoms. The van der Waals surface area contributed by atoms with Crippen LogP contribution in [0.5, 0.6) is 5.75 Å². The van der Waals surface area contributed by atoms with Crippen molar-refractivity contribution in [3.63, 3.8) is 0 Å². The zero-order valence-electron chi connectivity index (χ0n) is 11.9. The van der Waals surface area contributed by atoms with Gasteiger partial charge in [-0.05, 0) is 41.8 Å². The van der Waals surface area contributed by atoms with E-state index in [0.717, 1.165) is 15.6 Å². The fourth-order valence-corrected chi connectivity index (χ4v) is 2.27. The molecule has 4 nitrogen and oxygen atoms in total. The zero-order chi connectivity index (χ0) is 15.8. The van der Waals surface area contributed by atoms with Crippen LogP contribution in [-0.4, -0.2) is 17.7 Å². The second-order valence-corrected chi connectivity index (χ2v) is 5.53. The smallest absolute Gasteiger partial charge is 0.318 e. The summed E-state index contributed by atoms with van der Waals surface area (Å²) in [7, 11) is 0. The Labute approximate surface area is 138 Å². The number of hydrogen-bond acceptors (Lipinski definition) is 2. The first kappa shape index (κ1) is 16.1. The molecule has 5 heteroatoms. The van der Waals surface area contributed by atoms with Crippen LogP contribution >= 0.6 is 15.9 Å². The van der Waals surface area contributed by atoms with Crippen molar-refractivity contribution in [3.8, 4) is 5.75 Å². The van der Waals surface area contributed by atoms with Gasteiger partial charge in [0.05, 0.1) is 0 Å². The molecule has 0 heterocycles. The molecule has 0 fully saturated rings. The predicted molar refractivity (Wildman–Crippen MR) is 91.5 cm³/mol. The van der Waals surface area contributed by atoms with Gasteiger partial charge in [0.25, 0.3) is 0 Å². The molecule has 0 saturated heterocycles. The number of aromatic hydroxyl groups is 1. The number of carbonyl (C=O) groups excluding carboxylic acids is 1. The Morgan fingerprint density at radius 3 is 2.59 bits per heavy atom. The summed E-state index contributed by atoms with van der Waals surface area (Å²) in [5.74, 6) is 0.242.